The van der Waals surface area contributed by atoms with Gasteiger partial charge in [0.15, 0.2) is 0 Å². The first kappa shape index (κ1) is 13.0. The highest BCUT2D eigenvalue weighted by atomic mass is 19.1. The highest BCUT2D eigenvalue weighted by Crippen LogP contribution is 2.44. The van der Waals surface area contributed by atoms with Gasteiger partial charge in [0.25, 0.3) is 0 Å². The Bertz CT molecular complexity index is 453. The standard InChI is InChI=1S/C14H16F2O2/c1-9-2-3-14(7-9,13(17)18)8-10-4-11(15)6-12(16)5-10/h4-6,9H,2-3,7-8H2,1H3,(H,17,18). The minimum atomic E-state index is -0.864. The average Bonchev–Trinajstić information content (AvgIpc) is 2.59. The molecule has 0 aromatic heterocycles. The van der Waals surface area contributed by atoms with Crippen LogP contribution in [0.1, 0.15) is 31.7 Å². The Hall–Kier alpha value is -1.45. The normalized spacial score (nSPS) is 27.4. The van der Waals surface area contributed by atoms with Gasteiger partial charge in [0.05, 0.1) is 5.41 Å². The van der Waals surface area contributed by atoms with E-state index in [0.29, 0.717) is 24.3 Å². The lowest BCUT2D eigenvalue weighted by atomic mass is 9.79. The van der Waals surface area contributed by atoms with Crippen LogP contribution >= 0.6 is 0 Å². The Kier molecular flexibility index (Phi) is 3.37. The number of hydrogen-bond donors (Lipinski definition) is 1. The van der Waals surface area contributed by atoms with Crippen LogP contribution in [-0.2, 0) is 11.2 Å². The molecule has 0 aliphatic heterocycles. The number of halogens is 2. The Balaban J connectivity index is 2.27. The van der Waals surface area contributed by atoms with Gasteiger partial charge >= 0.3 is 5.97 Å². The summed E-state index contributed by atoms with van der Waals surface area (Å²) < 4.78 is 26.2. The molecule has 2 rings (SSSR count). The van der Waals surface area contributed by atoms with Gasteiger partial charge in [-0.15, -0.1) is 0 Å². The first-order chi connectivity index (χ1) is 8.41. The predicted molar refractivity (Wildman–Crippen MR) is 63.1 cm³/mol. The third-order valence-corrected chi connectivity index (χ3v) is 3.77. The van der Waals surface area contributed by atoms with E-state index in [1.807, 2.05) is 6.92 Å². The molecule has 2 unspecified atom stereocenters. The van der Waals surface area contributed by atoms with Crippen molar-refractivity contribution in [2.45, 2.75) is 32.6 Å². The molecular formula is C14H16F2O2. The van der Waals surface area contributed by atoms with E-state index in [1.54, 1.807) is 0 Å². The van der Waals surface area contributed by atoms with Crippen LogP contribution in [0.4, 0.5) is 8.78 Å². The Morgan fingerprint density at radius 1 is 1.39 bits per heavy atom. The number of carbonyl (C=O) groups is 1. The summed E-state index contributed by atoms with van der Waals surface area (Å²) in [6, 6.07) is 3.24. The Labute approximate surface area is 105 Å². The van der Waals surface area contributed by atoms with Gasteiger partial charge in [0.2, 0.25) is 0 Å². The second-order valence-electron chi connectivity index (χ2n) is 5.39. The Morgan fingerprint density at radius 3 is 2.44 bits per heavy atom. The SMILES string of the molecule is CC1CCC(Cc2cc(F)cc(F)c2)(C(=O)O)C1. The van der Waals surface area contributed by atoms with Crippen molar-refractivity contribution in [2.24, 2.45) is 11.3 Å². The summed E-state index contributed by atoms with van der Waals surface area (Å²) in [7, 11) is 0. The summed E-state index contributed by atoms with van der Waals surface area (Å²) in [4.78, 5) is 11.5. The van der Waals surface area contributed by atoms with Crippen LogP contribution in [0.3, 0.4) is 0 Å². The summed E-state index contributed by atoms with van der Waals surface area (Å²) in [6.45, 7) is 2.01. The summed E-state index contributed by atoms with van der Waals surface area (Å²) >= 11 is 0. The molecule has 1 fully saturated rings. The molecule has 2 atom stereocenters. The quantitative estimate of drug-likeness (QED) is 0.897. The second-order valence-corrected chi connectivity index (χ2v) is 5.39. The third-order valence-electron chi connectivity index (χ3n) is 3.77. The van der Waals surface area contributed by atoms with Gasteiger partial charge in [-0.1, -0.05) is 6.92 Å². The van der Waals surface area contributed by atoms with Gasteiger partial charge in [-0.25, -0.2) is 8.78 Å². The lowest BCUT2D eigenvalue weighted by Gasteiger charge is -2.24. The summed E-state index contributed by atoms with van der Waals surface area (Å²) in [5, 5.41) is 9.39. The molecule has 1 aliphatic rings. The monoisotopic (exact) mass is 254 g/mol. The van der Waals surface area contributed by atoms with Crippen LogP contribution in [0.2, 0.25) is 0 Å². The van der Waals surface area contributed by atoms with Gasteiger partial charge in [0.1, 0.15) is 11.6 Å². The number of rotatable bonds is 3. The largest absolute Gasteiger partial charge is 0.481 e. The molecule has 0 spiro atoms. The van der Waals surface area contributed by atoms with Crippen LogP contribution < -0.4 is 0 Å². The molecular weight excluding hydrogens is 238 g/mol. The zero-order valence-electron chi connectivity index (χ0n) is 10.2. The number of carboxylic acid groups (broad SMARTS) is 1. The van der Waals surface area contributed by atoms with Gasteiger partial charge in [-0.2, -0.15) is 0 Å². The molecule has 0 heterocycles. The molecule has 1 N–H and O–H groups in total. The maximum atomic E-state index is 13.1. The molecule has 1 saturated carbocycles. The molecule has 0 amide bonds. The topological polar surface area (TPSA) is 37.3 Å². The lowest BCUT2D eigenvalue weighted by molar-refractivity contribution is -0.148. The molecule has 1 aromatic carbocycles. The fraction of sp³-hybridized carbons (Fsp3) is 0.500. The van der Waals surface area contributed by atoms with E-state index in [2.05, 4.69) is 0 Å². The molecule has 0 radical (unpaired) electrons. The van der Waals surface area contributed by atoms with Crippen LogP contribution in [0, 0.1) is 23.0 Å². The zero-order valence-corrected chi connectivity index (χ0v) is 10.2. The third kappa shape index (κ3) is 2.52. The van der Waals surface area contributed by atoms with Crippen molar-refractivity contribution in [1.82, 2.24) is 0 Å². The summed E-state index contributed by atoms with van der Waals surface area (Å²) in [5.74, 6) is -1.83. The maximum Gasteiger partial charge on any atom is 0.309 e. The van der Waals surface area contributed by atoms with Crippen molar-refractivity contribution in [3.8, 4) is 0 Å². The first-order valence-corrected chi connectivity index (χ1v) is 6.10. The van der Waals surface area contributed by atoms with Crippen LogP contribution in [0.25, 0.3) is 0 Å². The highest BCUT2D eigenvalue weighted by molar-refractivity contribution is 5.75. The number of carboxylic acids is 1. The fourth-order valence-corrected chi connectivity index (χ4v) is 2.93. The highest BCUT2D eigenvalue weighted by Gasteiger charge is 2.44. The minimum Gasteiger partial charge on any atom is -0.481 e. The number of hydrogen-bond acceptors (Lipinski definition) is 1. The van der Waals surface area contributed by atoms with Gasteiger partial charge < -0.3 is 5.11 Å². The molecule has 1 aromatic rings. The molecule has 1 aliphatic carbocycles. The van der Waals surface area contributed by atoms with Crippen molar-refractivity contribution in [3.05, 3.63) is 35.4 Å². The van der Waals surface area contributed by atoms with E-state index >= 15 is 0 Å². The molecule has 0 saturated heterocycles. The van der Waals surface area contributed by atoms with Gasteiger partial charge in [0, 0.05) is 6.07 Å². The fourth-order valence-electron chi connectivity index (χ4n) is 2.93. The first-order valence-electron chi connectivity index (χ1n) is 6.10. The minimum absolute atomic E-state index is 0.196. The van der Waals surface area contributed by atoms with Crippen LogP contribution in [0.15, 0.2) is 18.2 Å². The van der Waals surface area contributed by atoms with Crippen molar-refractivity contribution in [1.29, 1.82) is 0 Å². The van der Waals surface area contributed by atoms with E-state index in [0.717, 1.165) is 12.5 Å². The van der Waals surface area contributed by atoms with E-state index in [9.17, 15) is 18.7 Å². The molecule has 0 bridgehead atoms. The van der Waals surface area contributed by atoms with Crippen molar-refractivity contribution >= 4 is 5.97 Å². The molecule has 18 heavy (non-hydrogen) atoms. The Morgan fingerprint density at radius 2 is 2.00 bits per heavy atom. The smallest absolute Gasteiger partial charge is 0.309 e. The summed E-state index contributed by atoms with van der Waals surface area (Å²) in [6.07, 6.45) is 2.19. The maximum absolute atomic E-state index is 13.1. The predicted octanol–water partition coefficient (Wildman–Crippen LogP) is 3.40. The van der Waals surface area contributed by atoms with Crippen LogP contribution in [0.5, 0.6) is 0 Å². The van der Waals surface area contributed by atoms with Crippen molar-refractivity contribution < 1.29 is 18.7 Å². The lowest BCUT2D eigenvalue weighted by Crippen LogP contribution is -2.30. The summed E-state index contributed by atoms with van der Waals surface area (Å²) in [5.41, 5.74) is -0.441. The average molecular weight is 254 g/mol. The number of benzene rings is 1. The van der Waals surface area contributed by atoms with Crippen LogP contribution in [-0.4, -0.2) is 11.1 Å². The van der Waals surface area contributed by atoms with E-state index in [4.69, 9.17) is 0 Å². The van der Waals surface area contributed by atoms with Crippen molar-refractivity contribution in [3.63, 3.8) is 0 Å². The molecule has 2 nitrogen and oxygen atoms in total. The molecule has 4 heteroatoms. The van der Waals surface area contributed by atoms with E-state index in [-0.39, 0.29) is 6.42 Å². The van der Waals surface area contributed by atoms with Gasteiger partial charge in [-0.3, -0.25) is 4.79 Å². The second kappa shape index (κ2) is 4.67. The van der Waals surface area contributed by atoms with E-state index in [1.165, 1.54) is 12.1 Å². The van der Waals surface area contributed by atoms with Crippen molar-refractivity contribution in [2.75, 3.05) is 0 Å². The van der Waals surface area contributed by atoms with Gasteiger partial charge in [-0.05, 0) is 49.3 Å². The zero-order chi connectivity index (χ0) is 13.3. The van der Waals surface area contributed by atoms with E-state index < -0.39 is 23.0 Å². The molecule has 98 valence electrons. The number of aliphatic carboxylic acids is 1.